The maximum atomic E-state index is 14.0. The van der Waals surface area contributed by atoms with E-state index in [-0.39, 0.29) is 17.4 Å². The molecule has 2 rings (SSSR count). The van der Waals surface area contributed by atoms with Gasteiger partial charge < -0.3 is 20.3 Å². The molecule has 0 spiro atoms. The van der Waals surface area contributed by atoms with E-state index in [4.69, 9.17) is 10.5 Å². The Morgan fingerprint density at radius 3 is 2.61 bits per heavy atom. The minimum Gasteiger partial charge on any atom is -0.444 e. The average molecular weight is 327 g/mol. The monoisotopic (exact) mass is 327 g/mol. The fourth-order valence-electron chi connectivity index (χ4n) is 2.56. The van der Waals surface area contributed by atoms with Gasteiger partial charge in [-0.3, -0.25) is 0 Å². The first-order valence-corrected chi connectivity index (χ1v) is 7.54. The summed E-state index contributed by atoms with van der Waals surface area (Å²) in [6.07, 6.45) is 0.231. The van der Waals surface area contributed by atoms with Gasteiger partial charge in [0.05, 0.1) is 17.4 Å². The Morgan fingerprint density at radius 1 is 1.35 bits per heavy atom. The molecule has 23 heavy (non-hydrogen) atoms. The zero-order valence-electron chi connectivity index (χ0n) is 13.9. The van der Waals surface area contributed by atoms with E-state index in [2.05, 4.69) is 0 Å². The van der Waals surface area contributed by atoms with E-state index >= 15 is 0 Å². The van der Waals surface area contributed by atoms with Gasteiger partial charge in [0.25, 0.3) is 0 Å². The van der Waals surface area contributed by atoms with Crippen molar-refractivity contribution in [1.29, 1.82) is 0 Å². The fourth-order valence-corrected chi connectivity index (χ4v) is 2.56. The third kappa shape index (κ3) is 3.83. The highest BCUT2D eigenvalue weighted by Gasteiger charge is 2.32. The van der Waals surface area contributed by atoms with E-state index in [1.54, 1.807) is 32.7 Å². The molecule has 1 fully saturated rings. The van der Waals surface area contributed by atoms with Gasteiger partial charge in [-0.05, 0) is 39.3 Å². The Kier molecular flexibility index (Phi) is 4.68. The number of carbonyl (C=O) groups is 1. The van der Waals surface area contributed by atoms with Crippen LogP contribution in [0.2, 0.25) is 0 Å². The SMILES string of the molecule is CN(C(=O)OC(C)(C)C)C1CCN(c2ccc(N)c(F)c2F)C1. The Bertz CT molecular complexity index is 602. The van der Waals surface area contributed by atoms with Crippen molar-refractivity contribution in [1.82, 2.24) is 4.90 Å². The van der Waals surface area contributed by atoms with Crippen molar-refractivity contribution in [3.63, 3.8) is 0 Å². The molecule has 1 amide bonds. The number of rotatable bonds is 2. The van der Waals surface area contributed by atoms with Gasteiger partial charge in [-0.25, -0.2) is 13.6 Å². The number of nitrogen functional groups attached to an aromatic ring is 1. The first kappa shape index (κ1) is 17.3. The molecule has 0 aromatic heterocycles. The van der Waals surface area contributed by atoms with E-state index < -0.39 is 23.3 Å². The smallest absolute Gasteiger partial charge is 0.410 e. The summed E-state index contributed by atoms with van der Waals surface area (Å²) in [7, 11) is 1.65. The second kappa shape index (κ2) is 6.22. The van der Waals surface area contributed by atoms with E-state index in [0.29, 0.717) is 19.5 Å². The number of ether oxygens (including phenoxy) is 1. The summed E-state index contributed by atoms with van der Waals surface area (Å²) in [6, 6.07) is 2.69. The van der Waals surface area contributed by atoms with Gasteiger partial charge in [-0.1, -0.05) is 0 Å². The van der Waals surface area contributed by atoms with Crippen molar-refractivity contribution in [2.75, 3.05) is 30.8 Å². The van der Waals surface area contributed by atoms with Crippen LogP contribution in [0, 0.1) is 11.6 Å². The number of carbonyl (C=O) groups excluding carboxylic acids is 1. The molecule has 1 aliphatic heterocycles. The molecule has 1 saturated heterocycles. The summed E-state index contributed by atoms with van der Waals surface area (Å²) in [5, 5.41) is 0. The summed E-state index contributed by atoms with van der Waals surface area (Å²) < 4.78 is 33.0. The highest BCUT2D eigenvalue weighted by molar-refractivity contribution is 5.68. The molecule has 7 heteroatoms. The van der Waals surface area contributed by atoms with Gasteiger partial charge in [-0.2, -0.15) is 0 Å². The molecular formula is C16H23F2N3O2. The summed E-state index contributed by atoms with van der Waals surface area (Å²) >= 11 is 0. The van der Waals surface area contributed by atoms with Crippen LogP contribution in [-0.2, 0) is 4.74 Å². The molecule has 1 aromatic carbocycles. The minimum absolute atomic E-state index is 0.120. The van der Waals surface area contributed by atoms with Crippen LogP contribution in [0.15, 0.2) is 12.1 Å². The summed E-state index contributed by atoms with van der Waals surface area (Å²) in [4.78, 5) is 15.3. The third-order valence-electron chi connectivity index (χ3n) is 3.83. The van der Waals surface area contributed by atoms with Gasteiger partial charge in [0.2, 0.25) is 0 Å². The van der Waals surface area contributed by atoms with Gasteiger partial charge in [-0.15, -0.1) is 0 Å². The number of hydrogen-bond donors (Lipinski definition) is 1. The van der Waals surface area contributed by atoms with Gasteiger partial charge in [0, 0.05) is 20.1 Å². The predicted molar refractivity (Wildman–Crippen MR) is 85.4 cm³/mol. The molecule has 128 valence electrons. The van der Waals surface area contributed by atoms with Gasteiger partial charge in [0.15, 0.2) is 11.6 Å². The maximum Gasteiger partial charge on any atom is 0.410 e. The zero-order chi connectivity index (χ0) is 17.4. The quantitative estimate of drug-likeness (QED) is 0.849. The highest BCUT2D eigenvalue weighted by Crippen LogP contribution is 2.29. The molecular weight excluding hydrogens is 304 g/mol. The summed E-state index contributed by atoms with van der Waals surface area (Å²) in [5.41, 5.74) is 4.73. The van der Waals surface area contributed by atoms with Crippen LogP contribution in [0.3, 0.4) is 0 Å². The van der Waals surface area contributed by atoms with E-state index in [0.717, 1.165) is 0 Å². The van der Waals surface area contributed by atoms with Crippen molar-refractivity contribution in [3.05, 3.63) is 23.8 Å². The second-order valence-corrected chi connectivity index (χ2v) is 6.78. The first-order chi connectivity index (χ1) is 10.6. The zero-order valence-corrected chi connectivity index (χ0v) is 13.9. The number of hydrogen-bond acceptors (Lipinski definition) is 4. The molecule has 1 unspecified atom stereocenters. The molecule has 0 radical (unpaired) electrons. The number of nitrogens with two attached hydrogens (primary N) is 1. The highest BCUT2D eigenvalue weighted by atomic mass is 19.2. The number of nitrogens with zero attached hydrogens (tertiary/aromatic N) is 2. The lowest BCUT2D eigenvalue weighted by molar-refractivity contribution is 0.0238. The number of benzene rings is 1. The van der Waals surface area contributed by atoms with Crippen LogP contribution >= 0.6 is 0 Å². The van der Waals surface area contributed by atoms with Crippen molar-refractivity contribution in [2.24, 2.45) is 0 Å². The lowest BCUT2D eigenvalue weighted by atomic mass is 10.2. The van der Waals surface area contributed by atoms with E-state index in [9.17, 15) is 13.6 Å². The number of likely N-dealkylation sites (N-methyl/N-ethyl adjacent to an activating group) is 1. The lowest BCUT2D eigenvalue weighted by Crippen LogP contribution is -2.42. The molecule has 5 nitrogen and oxygen atoms in total. The summed E-state index contributed by atoms with van der Waals surface area (Å²) in [5.74, 6) is -1.99. The molecule has 1 heterocycles. The average Bonchev–Trinajstić information content (AvgIpc) is 2.91. The predicted octanol–water partition coefficient (Wildman–Crippen LogP) is 2.99. The first-order valence-electron chi connectivity index (χ1n) is 7.54. The Morgan fingerprint density at radius 2 is 2.00 bits per heavy atom. The number of amides is 1. The molecule has 1 aromatic rings. The van der Waals surface area contributed by atoms with E-state index in [1.165, 1.54) is 17.0 Å². The normalized spacial score (nSPS) is 18.2. The van der Waals surface area contributed by atoms with Crippen LogP contribution in [-0.4, -0.2) is 42.8 Å². The van der Waals surface area contributed by atoms with Gasteiger partial charge in [0.1, 0.15) is 5.60 Å². The lowest BCUT2D eigenvalue weighted by Gasteiger charge is -2.29. The molecule has 2 N–H and O–H groups in total. The van der Waals surface area contributed by atoms with Crippen molar-refractivity contribution >= 4 is 17.5 Å². The third-order valence-corrected chi connectivity index (χ3v) is 3.83. The molecule has 0 aliphatic carbocycles. The molecule has 1 aliphatic rings. The topological polar surface area (TPSA) is 58.8 Å². The Balaban J connectivity index is 2.07. The van der Waals surface area contributed by atoms with Crippen LogP contribution in [0.4, 0.5) is 25.0 Å². The minimum atomic E-state index is -1.04. The number of anilines is 2. The van der Waals surface area contributed by atoms with Crippen LogP contribution < -0.4 is 10.6 Å². The maximum absolute atomic E-state index is 14.0. The molecule has 0 bridgehead atoms. The second-order valence-electron chi connectivity index (χ2n) is 6.78. The van der Waals surface area contributed by atoms with Crippen molar-refractivity contribution in [2.45, 2.75) is 38.8 Å². The molecule has 0 saturated carbocycles. The van der Waals surface area contributed by atoms with Crippen molar-refractivity contribution < 1.29 is 18.3 Å². The van der Waals surface area contributed by atoms with Gasteiger partial charge >= 0.3 is 6.09 Å². The summed E-state index contributed by atoms with van der Waals surface area (Å²) in [6.45, 7) is 6.33. The standard InChI is InChI=1S/C16H23F2N3O2/c1-16(2,3)23-15(22)20(4)10-7-8-21(9-10)12-6-5-11(19)13(17)14(12)18/h5-6,10H,7-9,19H2,1-4H3. The van der Waals surface area contributed by atoms with Crippen LogP contribution in [0.1, 0.15) is 27.2 Å². The van der Waals surface area contributed by atoms with Crippen LogP contribution in [0.25, 0.3) is 0 Å². The fraction of sp³-hybridized carbons (Fsp3) is 0.562. The Labute approximate surface area is 135 Å². The van der Waals surface area contributed by atoms with Crippen molar-refractivity contribution in [3.8, 4) is 0 Å². The molecule has 1 atom stereocenters. The van der Waals surface area contributed by atoms with E-state index in [1.807, 2.05) is 0 Å². The van der Waals surface area contributed by atoms with Crippen LogP contribution in [0.5, 0.6) is 0 Å². The number of halogens is 2. The largest absolute Gasteiger partial charge is 0.444 e. The Hall–Kier alpha value is -2.05.